The summed E-state index contributed by atoms with van der Waals surface area (Å²) in [6.07, 6.45) is -0.789. The molecule has 1 saturated heterocycles. The van der Waals surface area contributed by atoms with Crippen LogP contribution >= 0.6 is 0 Å². The molecule has 1 fully saturated rings. The maximum Gasteiger partial charge on any atom is 0.194 e. The van der Waals surface area contributed by atoms with Gasteiger partial charge in [-0.05, 0) is 17.7 Å². The minimum absolute atomic E-state index is 0.0511. The lowest BCUT2D eigenvalue weighted by Gasteiger charge is -1.97. The third-order valence-electron chi connectivity index (χ3n) is 2.99. The molecule has 3 rings (SSSR count). The molecule has 2 aromatic rings. The van der Waals surface area contributed by atoms with Crippen LogP contribution in [0, 0.1) is 5.82 Å². The first kappa shape index (κ1) is 11.1. The second kappa shape index (κ2) is 4.35. The number of benzene rings is 2. The van der Waals surface area contributed by atoms with Crippen molar-refractivity contribution in [2.45, 2.75) is 12.2 Å². The van der Waals surface area contributed by atoms with Crippen molar-refractivity contribution in [3.05, 3.63) is 71.5 Å². The molecule has 3 heteroatoms. The van der Waals surface area contributed by atoms with Crippen LogP contribution < -0.4 is 0 Å². The van der Waals surface area contributed by atoms with E-state index in [1.165, 1.54) is 12.1 Å². The van der Waals surface area contributed by atoms with Gasteiger partial charge >= 0.3 is 0 Å². The van der Waals surface area contributed by atoms with E-state index < -0.39 is 6.10 Å². The Morgan fingerprint density at radius 1 is 1.06 bits per heavy atom. The fraction of sp³-hybridized carbons (Fsp3) is 0.133. The fourth-order valence-electron chi connectivity index (χ4n) is 2.02. The lowest BCUT2D eigenvalue weighted by Crippen LogP contribution is -2.07. The number of ketones is 1. The van der Waals surface area contributed by atoms with Crippen molar-refractivity contribution in [1.29, 1.82) is 0 Å². The number of epoxide rings is 1. The van der Waals surface area contributed by atoms with Gasteiger partial charge < -0.3 is 4.74 Å². The minimum Gasteiger partial charge on any atom is -0.356 e. The van der Waals surface area contributed by atoms with E-state index in [1.807, 2.05) is 18.2 Å². The molecule has 0 spiro atoms. The number of rotatable bonds is 3. The number of carbonyl (C=O) groups is 1. The molecule has 0 radical (unpaired) electrons. The highest BCUT2D eigenvalue weighted by atomic mass is 19.1. The number of Topliss-reactive ketones (excluding diaryl/α,β-unsaturated/α-hetero) is 1. The van der Waals surface area contributed by atoms with E-state index in [2.05, 4.69) is 0 Å². The molecule has 1 aliphatic heterocycles. The average molecular weight is 242 g/mol. The molecule has 0 aromatic heterocycles. The van der Waals surface area contributed by atoms with Crippen LogP contribution in [0.3, 0.4) is 0 Å². The van der Waals surface area contributed by atoms with Gasteiger partial charge in [0.1, 0.15) is 11.9 Å². The van der Waals surface area contributed by atoms with Crippen molar-refractivity contribution in [1.82, 2.24) is 0 Å². The Hall–Kier alpha value is -2.00. The summed E-state index contributed by atoms with van der Waals surface area (Å²) in [5.74, 6) is -0.362. The molecular formula is C15H11FO2. The molecule has 1 aliphatic rings. The summed E-state index contributed by atoms with van der Waals surface area (Å²) in [7, 11) is 0. The molecule has 0 N–H and O–H groups in total. The third kappa shape index (κ3) is 2.05. The predicted molar refractivity (Wildman–Crippen MR) is 64.8 cm³/mol. The molecule has 0 amide bonds. The van der Waals surface area contributed by atoms with Crippen molar-refractivity contribution in [3.63, 3.8) is 0 Å². The Kier molecular flexibility index (Phi) is 2.68. The molecule has 0 saturated carbocycles. The Bertz CT molecular complexity index is 580. The second-order valence-corrected chi connectivity index (χ2v) is 4.26. The van der Waals surface area contributed by atoms with Gasteiger partial charge in [-0.25, -0.2) is 4.39 Å². The monoisotopic (exact) mass is 242 g/mol. The van der Waals surface area contributed by atoms with Crippen molar-refractivity contribution >= 4 is 5.78 Å². The smallest absolute Gasteiger partial charge is 0.194 e. The van der Waals surface area contributed by atoms with Gasteiger partial charge in [0.05, 0.1) is 0 Å². The molecule has 2 nitrogen and oxygen atoms in total. The van der Waals surface area contributed by atoms with Crippen molar-refractivity contribution < 1.29 is 13.9 Å². The molecule has 2 aromatic carbocycles. The second-order valence-electron chi connectivity index (χ2n) is 4.26. The Balaban J connectivity index is 1.77. The SMILES string of the molecule is O=C(c1ccccc1)[C@H]1O[C@@H]1c1cccc(F)c1. The first-order valence-electron chi connectivity index (χ1n) is 5.76. The van der Waals surface area contributed by atoms with Crippen LogP contribution in [0.1, 0.15) is 22.0 Å². The summed E-state index contributed by atoms with van der Waals surface area (Å²) in [5.41, 5.74) is 1.34. The lowest BCUT2D eigenvalue weighted by atomic mass is 10.0. The Morgan fingerprint density at radius 3 is 2.56 bits per heavy atom. The number of hydrogen-bond acceptors (Lipinski definition) is 2. The van der Waals surface area contributed by atoms with E-state index in [-0.39, 0.29) is 17.7 Å². The van der Waals surface area contributed by atoms with Gasteiger partial charge in [0.2, 0.25) is 0 Å². The third-order valence-corrected chi connectivity index (χ3v) is 2.99. The maximum atomic E-state index is 13.1. The quantitative estimate of drug-likeness (QED) is 0.611. The van der Waals surface area contributed by atoms with E-state index in [0.717, 1.165) is 0 Å². The largest absolute Gasteiger partial charge is 0.356 e. The molecule has 90 valence electrons. The van der Waals surface area contributed by atoms with Crippen LogP contribution in [0.15, 0.2) is 54.6 Å². The standard InChI is InChI=1S/C15H11FO2/c16-12-8-4-7-11(9-12)14-15(18-14)13(17)10-5-2-1-3-6-10/h1-9,14-15H/t14-,15-/m1/s1. The zero-order chi connectivity index (χ0) is 12.5. The van der Waals surface area contributed by atoms with E-state index in [9.17, 15) is 9.18 Å². The first-order valence-corrected chi connectivity index (χ1v) is 5.76. The molecular weight excluding hydrogens is 231 g/mol. The van der Waals surface area contributed by atoms with E-state index in [0.29, 0.717) is 11.1 Å². The highest BCUT2D eigenvalue weighted by Crippen LogP contribution is 2.40. The number of hydrogen-bond donors (Lipinski definition) is 0. The summed E-state index contributed by atoms with van der Waals surface area (Å²) < 4.78 is 18.4. The van der Waals surface area contributed by atoms with Crippen molar-refractivity contribution in [3.8, 4) is 0 Å². The highest BCUT2D eigenvalue weighted by molar-refractivity contribution is 6.01. The van der Waals surface area contributed by atoms with Crippen LogP contribution in [0.2, 0.25) is 0 Å². The van der Waals surface area contributed by atoms with Gasteiger partial charge in [-0.3, -0.25) is 4.79 Å². The molecule has 0 unspecified atom stereocenters. The van der Waals surface area contributed by atoms with Crippen molar-refractivity contribution in [2.24, 2.45) is 0 Å². The predicted octanol–water partition coefficient (Wildman–Crippen LogP) is 3.15. The van der Waals surface area contributed by atoms with Gasteiger partial charge in [0.25, 0.3) is 0 Å². The summed E-state index contributed by atoms with van der Waals surface area (Å²) >= 11 is 0. The van der Waals surface area contributed by atoms with E-state index >= 15 is 0 Å². The van der Waals surface area contributed by atoms with Crippen LogP contribution in [-0.4, -0.2) is 11.9 Å². The van der Waals surface area contributed by atoms with Gasteiger partial charge in [0, 0.05) is 5.56 Å². The maximum absolute atomic E-state index is 13.1. The summed E-state index contributed by atoms with van der Waals surface area (Å²) in [5, 5.41) is 0. The molecule has 2 atom stereocenters. The van der Waals surface area contributed by atoms with Gasteiger partial charge in [-0.2, -0.15) is 0 Å². The van der Waals surface area contributed by atoms with Crippen molar-refractivity contribution in [2.75, 3.05) is 0 Å². The van der Waals surface area contributed by atoms with E-state index in [1.54, 1.807) is 24.3 Å². The number of carbonyl (C=O) groups excluding carboxylic acids is 1. The molecule has 0 bridgehead atoms. The zero-order valence-corrected chi connectivity index (χ0v) is 9.55. The fourth-order valence-corrected chi connectivity index (χ4v) is 2.02. The topological polar surface area (TPSA) is 29.6 Å². The number of ether oxygens (including phenoxy) is 1. The van der Waals surface area contributed by atoms with Gasteiger partial charge in [-0.15, -0.1) is 0 Å². The molecule has 18 heavy (non-hydrogen) atoms. The van der Waals surface area contributed by atoms with Gasteiger partial charge in [0.15, 0.2) is 11.9 Å². The minimum atomic E-state index is -0.478. The zero-order valence-electron chi connectivity index (χ0n) is 9.55. The Morgan fingerprint density at radius 2 is 1.83 bits per heavy atom. The number of halogens is 1. The molecule has 0 aliphatic carbocycles. The summed E-state index contributed by atoms with van der Waals surface area (Å²) in [4.78, 5) is 12.1. The first-order chi connectivity index (χ1) is 8.75. The van der Waals surface area contributed by atoms with Crippen LogP contribution in [0.4, 0.5) is 4.39 Å². The lowest BCUT2D eigenvalue weighted by molar-refractivity contribution is 0.0953. The van der Waals surface area contributed by atoms with Crippen LogP contribution in [-0.2, 0) is 4.74 Å². The van der Waals surface area contributed by atoms with Crippen LogP contribution in [0.5, 0.6) is 0 Å². The summed E-state index contributed by atoms with van der Waals surface area (Å²) in [6, 6.07) is 15.2. The summed E-state index contributed by atoms with van der Waals surface area (Å²) in [6.45, 7) is 0. The highest BCUT2D eigenvalue weighted by Gasteiger charge is 2.46. The van der Waals surface area contributed by atoms with Gasteiger partial charge in [-0.1, -0.05) is 42.5 Å². The van der Waals surface area contributed by atoms with Crippen LogP contribution in [0.25, 0.3) is 0 Å². The normalized spacial score (nSPS) is 21.6. The molecule has 1 heterocycles. The van der Waals surface area contributed by atoms with E-state index in [4.69, 9.17) is 4.74 Å². The Labute approximate surface area is 104 Å². The average Bonchev–Trinajstić information content (AvgIpc) is 3.19.